The molecule has 4 unspecified atom stereocenters. The first kappa shape index (κ1) is 57.0. The summed E-state index contributed by atoms with van der Waals surface area (Å²) in [4.78, 5) is 35.6. The van der Waals surface area contributed by atoms with Crippen LogP contribution in [-0.4, -0.2) is 110 Å². The van der Waals surface area contributed by atoms with Gasteiger partial charge in [-0.1, -0.05) is 131 Å². The fraction of sp³-hybridized carbons (Fsp3) is 0.660. The quantitative estimate of drug-likeness (QED) is 0.0108. The summed E-state index contributed by atoms with van der Waals surface area (Å²) in [5.41, 5.74) is 0. The van der Waals surface area contributed by atoms with Gasteiger partial charge in [0.25, 0.3) is 0 Å². The van der Waals surface area contributed by atoms with Crippen LogP contribution in [0, 0.1) is 0 Å². The third-order valence-electron chi connectivity index (χ3n) is 9.80. The Balaban J connectivity index is 2.55. The van der Waals surface area contributed by atoms with Crippen LogP contribution in [0.2, 0.25) is 0 Å². The summed E-state index contributed by atoms with van der Waals surface area (Å²) >= 11 is 0. The molecule has 0 aliphatic heterocycles. The number of unbranched alkanes of at least 4 members (excludes halogenated alkanes) is 9. The van der Waals surface area contributed by atoms with Crippen molar-refractivity contribution in [3.05, 3.63) is 85.1 Å². The van der Waals surface area contributed by atoms with E-state index >= 15 is 0 Å². The van der Waals surface area contributed by atoms with E-state index in [4.69, 9.17) is 18.5 Å². The minimum absolute atomic E-state index is 0.00727. The average molecular weight is 897 g/mol. The van der Waals surface area contributed by atoms with Gasteiger partial charge >= 0.3 is 19.8 Å². The van der Waals surface area contributed by atoms with Crippen LogP contribution in [0.5, 0.6) is 0 Å². The summed E-state index contributed by atoms with van der Waals surface area (Å²) in [5, 5.41) is 59.9. The van der Waals surface area contributed by atoms with Gasteiger partial charge in [0.15, 0.2) is 6.10 Å². The van der Waals surface area contributed by atoms with Crippen molar-refractivity contribution in [3.8, 4) is 0 Å². The van der Waals surface area contributed by atoms with Crippen LogP contribution in [0.1, 0.15) is 136 Å². The Kier molecular flexibility index (Phi) is 33.4. The molecular weight excluding hydrogens is 819 g/mol. The molecule has 1 aliphatic rings. The molecule has 0 aromatic carbocycles. The van der Waals surface area contributed by atoms with E-state index < -0.39 is 81.8 Å². The average Bonchev–Trinajstić information content (AvgIpc) is 3.25. The lowest BCUT2D eigenvalue weighted by Gasteiger charge is -2.41. The number of aliphatic hydroxyl groups excluding tert-OH is 6. The molecule has 1 aliphatic carbocycles. The minimum Gasteiger partial charge on any atom is -0.462 e. The normalized spacial score (nSPS) is 23.2. The van der Waals surface area contributed by atoms with E-state index in [0.717, 1.165) is 57.8 Å². The van der Waals surface area contributed by atoms with Gasteiger partial charge in [-0.15, -0.1) is 0 Å². The number of esters is 2. The summed E-state index contributed by atoms with van der Waals surface area (Å²) in [6, 6.07) is 0. The number of hydrogen-bond donors (Lipinski definition) is 7. The SMILES string of the molecule is CC/C=C\C(O)C/C=C/C=C\C/C=C\C/C=C\CCCC(=O)O[C@H](COC(=O)CCCCCCC/C=C\C/C=C\CCCCC)COP(=O)(O)OC1[C@H](O)[C@H](O)C(O)[C@H](O)[C@H]1O. The largest absolute Gasteiger partial charge is 0.472 e. The van der Waals surface area contributed by atoms with Gasteiger partial charge in [0, 0.05) is 12.8 Å². The van der Waals surface area contributed by atoms with Gasteiger partial charge in [0.2, 0.25) is 0 Å². The summed E-state index contributed by atoms with van der Waals surface area (Å²) in [7, 11) is -5.15. The van der Waals surface area contributed by atoms with Gasteiger partial charge in [0.1, 0.15) is 43.2 Å². The van der Waals surface area contributed by atoms with Crippen LogP contribution in [-0.2, 0) is 32.7 Å². The molecule has 0 heterocycles. The van der Waals surface area contributed by atoms with Gasteiger partial charge < -0.3 is 45.0 Å². The lowest BCUT2D eigenvalue weighted by Crippen LogP contribution is -2.64. The topological polar surface area (TPSA) is 230 Å². The van der Waals surface area contributed by atoms with Gasteiger partial charge in [-0.2, -0.15) is 0 Å². The molecule has 0 saturated heterocycles. The Morgan fingerprint density at radius 2 is 1.11 bits per heavy atom. The maximum Gasteiger partial charge on any atom is 0.472 e. The van der Waals surface area contributed by atoms with E-state index in [0.29, 0.717) is 32.1 Å². The highest BCUT2D eigenvalue weighted by Crippen LogP contribution is 2.47. The highest BCUT2D eigenvalue weighted by molar-refractivity contribution is 7.47. The molecular formula is C47H77O14P. The maximum atomic E-state index is 12.8. The number of carbonyl (C=O) groups is 2. The monoisotopic (exact) mass is 897 g/mol. The Morgan fingerprint density at radius 1 is 0.597 bits per heavy atom. The maximum absolute atomic E-state index is 12.8. The molecule has 0 radical (unpaired) electrons. The molecule has 7 N–H and O–H groups in total. The molecule has 0 amide bonds. The van der Waals surface area contributed by atoms with Gasteiger partial charge in [-0.05, 0) is 77.0 Å². The van der Waals surface area contributed by atoms with Crippen molar-refractivity contribution in [2.75, 3.05) is 13.2 Å². The summed E-state index contributed by atoms with van der Waals surface area (Å²) in [5.74, 6) is -1.22. The zero-order chi connectivity index (χ0) is 45.9. The first-order valence-corrected chi connectivity index (χ1v) is 24.0. The number of phosphoric acid groups is 1. The predicted molar refractivity (Wildman–Crippen MR) is 241 cm³/mol. The summed E-state index contributed by atoms with van der Waals surface area (Å²) in [6.07, 6.45) is 29.8. The highest BCUT2D eigenvalue weighted by Gasteiger charge is 2.51. The minimum atomic E-state index is -5.15. The van der Waals surface area contributed by atoms with Crippen LogP contribution in [0.3, 0.4) is 0 Å². The van der Waals surface area contributed by atoms with Crippen molar-refractivity contribution in [1.29, 1.82) is 0 Å². The van der Waals surface area contributed by atoms with Crippen molar-refractivity contribution in [2.24, 2.45) is 0 Å². The summed E-state index contributed by atoms with van der Waals surface area (Å²) < 4.78 is 33.4. The lowest BCUT2D eigenvalue weighted by atomic mass is 9.85. The molecule has 1 rings (SSSR count). The second kappa shape index (κ2) is 36.3. The zero-order valence-corrected chi connectivity index (χ0v) is 37.9. The molecule has 0 spiro atoms. The second-order valence-corrected chi connectivity index (χ2v) is 16.8. The third-order valence-corrected chi connectivity index (χ3v) is 10.8. The van der Waals surface area contributed by atoms with E-state index in [9.17, 15) is 49.7 Å². The van der Waals surface area contributed by atoms with Crippen molar-refractivity contribution in [2.45, 2.75) is 185 Å². The highest BCUT2D eigenvalue weighted by atomic mass is 31.2. The molecule has 0 aromatic rings. The standard InChI is InChI=1S/C47H77O14P/c1-3-5-7-8-9-10-11-12-13-14-18-21-24-27-30-34-40(49)58-36-39(37-59-62(56,57)61-47-45(54)43(52)42(51)44(53)46(47)55)60-41(50)35-31-28-25-22-19-16-15-17-20-23-26-29-33-38(48)32-6-4-2/h6,9-10,12-13,15-16,20,22-23,25-26,29,32,38-39,42-48,51-55H,3-5,7-8,11,14,17-19,21,24,27-28,30-31,33-37H2,1-2H3,(H,56,57)/b10-9-,13-12-,16-15-,23-20-,25-22-,29-26+,32-6-/t38?,39-,42?,43-,44+,45-,46-,47?/m1/s1. The molecule has 354 valence electrons. The number of carbonyl (C=O) groups excluding carboxylic acids is 2. The van der Waals surface area contributed by atoms with Crippen LogP contribution in [0.15, 0.2) is 85.1 Å². The van der Waals surface area contributed by atoms with Crippen LogP contribution in [0.4, 0.5) is 0 Å². The van der Waals surface area contributed by atoms with Crippen LogP contribution in [0.25, 0.3) is 0 Å². The van der Waals surface area contributed by atoms with E-state index in [1.54, 1.807) is 6.08 Å². The van der Waals surface area contributed by atoms with E-state index in [1.165, 1.54) is 19.3 Å². The van der Waals surface area contributed by atoms with Gasteiger partial charge in [-0.25, -0.2) is 4.57 Å². The molecule has 15 heteroatoms. The Bertz CT molecular complexity index is 1420. The van der Waals surface area contributed by atoms with E-state index in [2.05, 4.69) is 31.2 Å². The Hall–Kier alpha value is -3.01. The molecule has 0 aromatic heterocycles. The zero-order valence-electron chi connectivity index (χ0n) is 37.0. The lowest BCUT2D eigenvalue weighted by molar-refractivity contribution is -0.220. The number of rotatable bonds is 35. The number of hydrogen-bond acceptors (Lipinski definition) is 13. The number of phosphoric ester groups is 1. The molecule has 62 heavy (non-hydrogen) atoms. The third kappa shape index (κ3) is 28.6. The van der Waals surface area contributed by atoms with Crippen molar-refractivity contribution in [3.63, 3.8) is 0 Å². The first-order valence-electron chi connectivity index (χ1n) is 22.5. The van der Waals surface area contributed by atoms with Crippen LogP contribution >= 0.6 is 7.82 Å². The Morgan fingerprint density at radius 3 is 1.74 bits per heavy atom. The summed E-state index contributed by atoms with van der Waals surface area (Å²) in [6.45, 7) is 2.95. The fourth-order valence-electron chi connectivity index (χ4n) is 6.14. The van der Waals surface area contributed by atoms with Crippen molar-refractivity contribution >= 4 is 19.8 Å². The first-order chi connectivity index (χ1) is 29.8. The van der Waals surface area contributed by atoms with Crippen molar-refractivity contribution in [1.82, 2.24) is 0 Å². The fourth-order valence-corrected chi connectivity index (χ4v) is 7.11. The molecule has 1 fully saturated rings. The number of ether oxygens (including phenoxy) is 2. The Labute approximate surface area is 370 Å². The number of allylic oxidation sites excluding steroid dienone is 12. The van der Waals surface area contributed by atoms with Gasteiger partial charge in [-0.3, -0.25) is 18.6 Å². The smallest absolute Gasteiger partial charge is 0.462 e. The molecule has 0 bridgehead atoms. The molecule has 1 saturated carbocycles. The molecule has 14 nitrogen and oxygen atoms in total. The molecule has 9 atom stereocenters. The second-order valence-electron chi connectivity index (χ2n) is 15.4. The van der Waals surface area contributed by atoms with E-state index in [1.807, 2.05) is 61.6 Å². The van der Waals surface area contributed by atoms with E-state index in [-0.39, 0.29) is 12.8 Å². The van der Waals surface area contributed by atoms with Crippen molar-refractivity contribution < 1.29 is 68.2 Å². The van der Waals surface area contributed by atoms with Crippen LogP contribution < -0.4 is 0 Å². The van der Waals surface area contributed by atoms with Gasteiger partial charge in [0.05, 0.1) is 12.7 Å². The number of aliphatic hydroxyl groups is 6. The predicted octanol–water partition coefficient (Wildman–Crippen LogP) is 7.47.